The van der Waals surface area contributed by atoms with Gasteiger partial charge in [-0.2, -0.15) is 11.3 Å². The van der Waals surface area contributed by atoms with Crippen LogP contribution in [0.4, 0.5) is 5.82 Å². The molecule has 0 bridgehead atoms. The standard InChI is InChI=1S/C17H23N3OS/c1-3-20(4-2)16-7-5-15(11-18-16)12-19-17(21)8-6-14-9-10-22-13-14/h5,7,9-11,13H,3-4,6,8,12H2,1-2H3,(H,19,21). The summed E-state index contributed by atoms with van der Waals surface area (Å²) in [5.74, 6) is 1.07. The summed E-state index contributed by atoms with van der Waals surface area (Å²) in [5, 5.41) is 7.07. The Labute approximate surface area is 136 Å². The summed E-state index contributed by atoms with van der Waals surface area (Å²) in [7, 11) is 0. The van der Waals surface area contributed by atoms with E-state index in [1.54, 1.807) is 11.3 Å². The van der Waals surface area contributed by atoms with Crippen LogP contribution in [-0.2, 0) is 17.8 Å². The highest BCUT2D eigenvalue weighted by Gasteiger charge is 2.05. The molecule has 2 rings (SSSR count). The number of rotatable bonds is 8. The maximum atomic E-state index is 11.8. The van der Waals surface area contributed by atoms with Crippen LogP contribution in [0, 0.1) is 0 Å². The molecule has 0 saturated heterocycles. The quantitative estimate of drug-likeness (QED) is 0.813. The van der Waals surface area contributed by atoms with E-state index in [1.807, 2.05) is 23.7 Å². The van der Waals surface area contributed by atoms with E-state index in [-0.39, 0.29) is 5.91 Å². The minimum Gasteiger partial charge on any atom is -0.357 e. The number of carbonyl (C=O) groups is 1. The lowest BCUT2D eigenvalue weighted by atomic mass is 10.2. The number of aryl methyl sites for hydroxylation is 1. The van der Waals surface area contributed by atoms with Crippen LogP contribution < -0.4 is 10.2 Å². The van der Waals surface area contributed by atoms with Gasteiger partial charge in [0.15, 0.2) is 0 Å². The molecule has 0 aromatic carbocycles. The first-order valence-electron chi connectivity index (χ1n) is 7.70. The number of hydrogen-bond donors (Lipinski definition) is 1. The van der Waals surface area contributed by atoms with Crippen molar-refractivity contribution in [3.05, 3.63) is 46.3 Å². The van der Waals surface area contributed by atoms with E-state index in [2.05, 4.69) is 40.5 Å². The maximum Gasteiger partial charge on any atom is 0.220 e. The highest BCUT2D eigenvalue weighted by Crippen LogP contribution is 2.11. The number of thiophene rings is 1. The maximum absolute atomic E-state index is 11.8. The third-order valence-electron chi connectivity index (χ3n) is 3.61. The Morgan fingerprint density at radius 1 is 1.23 bits per heavy atom. The second-order valence-corrected chi connectivity index (χ2v) is 5.89. The first kappa shape index (κ1) is 16.5. The molecule has 0 aliphatic carbocycles. The number of anilines is 1. The summed E-state index contributed by atoms with van der Waals surface area (Å²) >= 11 is 1.66. The van der Waals surface area contributed by atoms with Crippen LogP contribution in [0.2, 0.25) is 0 Å². The molecule has 0 fully saturated rings. The van der Waals surface area contributed by atoms with Crippen LogP contribution >= 0.6 is 11.3 Å². The number of pyridine rings is 1. The van der Waals surface area contributed by atoms with Crippen molar-refractivity contribution in [3.63, 3.8) is 0 Å². The number of nitrogens with one attached hydrogen (secondary N) is 1. The average molecular weight is 317 g/mol. The smallest absolute Gasteiger partial charge is 0.220 e. The predicted molar refractivity (Wildman–Crippen MR) is 92.3 cm³/mol. The van der Waals surface area contributed by atoms with Crippen molar-refractivity contribution >= 4 is 23.1 Å². The van der Waals surface area contributed by atoms with Crippen molar-refractivity contribution in [3.8, 4) is 0 Å². The monoisotopic (exact) mass is 317 g/mol. The lowest BCUT2D eigenvalue weighted by Gasteiger charge is -2.19. The zero-order chi connectivity index (χ0) is 15.8. The van der Waals surface area contributed by atoms with Crippen molar-refractivity contribution in [2.24, 2.45) is 0 Å². The molecule has 0 unspecified atom stereocenters. The molecule has 118 valence electrons. The molecule has 5 heteroatoms. The van der Waals surface area contributed by atoms with E-state index < -0.39 is 0 Å². The van der Waals surface area contributed by atoms with Crippen molar-refractivity contribution in [2.45, 2.75) is 33.2 Å². The minimum atomic E-state index is 0.0824. The van der Waals surface area contributed by atoms with Crippen LogP contribution in [0.5, 0.6) is 0 Å². The number of nitrogens with zero attached hydrogens (tertiary/aromatic N) is 2. The first-order valence-corrected chi connectivity index (χ1v) is 8.64. The van der Waals surface area contributed by atoms with E-state index in [4.69, 9.17) is 0 Å². The van der Waals surface area contributed by atoms with Gasteiger partial charge in [-0.1, -0.05) is 6.07 Å². The normalized spacial score (nSPS) is 10.5. The largest absolute Gasteiger partial charge is 0.357 e. The molecule has 0 aliphatic heterocycles. The van der Waals surface area contributed by atoms with Gasteiger partial charge in [0, 0.05) is 32.3 Å². The molecule has 2 heterocycles. The van der Waals surface area contributed by atoms with Crippen LogP contribution in [0.1, 0.15) is 31.4 Å². The molecule has 2 aromatic rings. The van der Waals surface area contributed by atoms with Gasteiger partial charge in [-0.3, -0.25) is 4.79 Å². The first-order chi connectivity index (χ1) is 10.7. The van der Waals surface area contributed by atoms with Gasteiger partial charge in [0.25, 0.3) is 0 Å². The Bertz CT molecular complexity index is 562. The van der Waals surface area contributed by atoms with Crippen molar-refractivity contribution in [1.82, 2.24) is 10.3 Å². The van der Waals surface area contributed by atoms with Gasteiger partial charge in [0.1, 0.15) is 5.82 Å². The zero-order valence-electron chi connectivity index (χ0n) is 13.2. The topological polar surface area (TPSA) is 45.2 Å². The molecule has 1 N–H and O–H groups in total. The van der Waals surface area contributed by atoms with Crippen molar-refractivity contribution < 1.29 is 4.79 Å². The molecule has 2 aromatic heterocycles. The highest BCUT2D eigenvalue weighted by atomic mass is 32.1. The Morgan fingerprint density at radius 3 is 2.64 bits per heavy atom. The molecule has 0 spiro atoms. The van der Waals surface area contributed by atoms with Crippen LogP contribution in [0.3, 0.4) is 0 Å². The number of amides is 1. The van der Waals surface area contributed by atoms with Gasteiger partial charge < -0.3 is 10.2 Å². The fraction of sp³-hybridized carbons (Fsp3) is 0.412. The summed E-state index contributed by atoms with van der Waals surface area (Å²) in [6.45, 7) is 6.66. The molecule has 22 heavy (non-hydrogen) atoms. The Balaban J connectivity index is 1.77. The van der Waals surface area contributed by atoms with E-state index in [9.17, 15) is 4.79 Å². The fourth-order valence-electron chi connectivity index (χ4n) is 2.24. The number of aromatic nitrogens is 1. The summed E-state index contributed by atoms with van der Waals surface area (Å²) in [6.07, 6.45) is 3.17. The highest BCUT2D eigenvalue weighted by molar-refractivity contribution is 7.07. The zero-order valence-corrected chi connectivity index (χ0v) is 14.0. The van der Waals surface area contributed by atoms with E-state index >= 15 is 0 Å². The number of carbonyl (C=O) groups excluding carboxylic acids is 1. The van der Waals surface area contributed by atoms with Gasteiger partial charge in [-0.15, -0.1) is 0 Å². The summed E-state index contributed by atoms with van der Waals surface area (Å²) in [5.41, 5.74) is 2.25. The van der Waals surface area contributed by atoms with E-state index in [1.165, 1.54) is 5.56 Å². The second kappa shape index (κ2) is 8.54. The van der Waals surface area contributed by atoms with Gasteiger partial charge in [0.2, 0.25) is 5.91 Å². The van der Waals surface area contributed by atoms with Crippen LogP contribution in [-0.4, -0.2) is 24.0 Å². The summed E-state index contributed by atoms with van der Waals surface area (Å²) in [4.78, 5) is 18.5. The van der Waals surface area contributed by atoms with Gasteiger partial charge in [-0.05, 0) is 54.3 Å². The molecule has 1 amide bonds. The van der Waals surface area contributed by atoms with E-state index in [0.717, 1.165) is 30.9 Å². The second-order valence-electron chi connectivity index (χ2n) is 5.11. The third kappa shape index (κ3) is 4.84. The SMILES string of the molecule is CCN(CC)c1ccc(CNC(=O)CCc2ccsc2)cn1. The summed E-state index contributed by atoms with van der Waals surface area (Å²) < 4.78 is 0. The molecule has 0 atom stereocenters. The Hall–Kier alpha value is -1.88. The van der Waals surface area contributed by atoms with Crippen LogP contribution in [0.15, 0.2) is 35.2 Å². The predicted octanol–water partition coefficient (Wildman–Crippen LogP) is 3.24. The lowest BCUT2D eigenvalue weighted by Crippen LogP contribution is -2.24. The number of hydrogen-bond acceptors (Lipinski definition) is 4. The molecule has 0 saturated carbocycles. The van der Waals surface area contributed by atoms with Gasteiger partial charge >= 0.3 is 0 Å². The molecule has 4 nitrogen and oxygen atoms in total. The van der Waals surface area contributed by atoms with Crippen molar-refractivity contribution in [1.29, 1.82) is 0 Å². The van der Waals surface area contributed by atoms with Gasteiger partial charge in [-0.25, -0.2) is 4.98 Å². The average Bonchev–Trinajstić information content (AvgIpc) is 3.07. The van der Waals surface area contributed by atoms with Crippen LogP contribution in [0.25, 0.3) is 0 Å². The third-order valence-corrected chi connectivity index (χ3v) is 4.34. The molecular formula is C17H23N3OS. The van der Waals surface area contributed by atoms with Gasteiger partial charge in [0.05, 0.1) is 0 Å². The molecule has 0 radical (unpaired) electrons. The minimum absolute atomic E-state index is 0.0824. The fourth-order valence-corrected chi connectivity index (χ4v) is 2.94. The Morgan fingerprint density at radius 2 is 2.05 bits per heavy atom. The molecular weight excluding hydrogens is 294 g/mol. The molecule has 0 aliphatic rings. The van der Waals surface area contributed by atoms with E-state index in [0.29, 0.717) is 13.0 Å². The summed E-state index contributed by atoms with van der Waals surface area (Å²) in [6, 6.07) is 6.10. The van der Waals surface area contributed by atoms with Crippen molar-refractivity contribution in [2.75, 3.05) is 18.0 Å². The Kier molecular flexibility index (Phi) is 6.40. The lowest BCUT2D eigenvalue weighted by molar-refractivity contribution is -0.121.